The normalized spacial score (nSPS) is 23.7. The molecule has 3 N–H and O–H groups in total. The summed E-state index contributed by atoms with van der Waals surface area (Å²) in [6, 6.07) is 6.90. The van der Waals surface area contributed by atoms with Crippen molar-refractivity contribution in [3.8, 4) is 11.3 Å². The van der Waals surface area contributed by atoms with Crippen LogP contribution in [0.1, 0.15) is 16.4 Å². The van der Waals surface area contributed by atoms with E-state index in [-0.39, 0.29) is 24.4 Å². The highest BCUT2D eigenvalue weighted by Crippen LogP contribution is 2.33. The van der Waals surface area contributed by atoms with Crippen LogP contribution in [0.25, 0.3) is 11.3 Å². The molecule has 1 saturated heterocycles. The van der Waals surface area contributed by atoms with Gasteiger partial charge in [-0.3, -0.25) is 4.79 Å². The van der Waals surface area contributed by atoms with Crippen LogP contribution in [0.4, 0.5) is 13.2 Å². The van der Waals surface area contributed by atoms with Crippen LogP contribution >= 0.6 is 0 Å². The van der Waals surface area contributed by atoms with Gasteiger partial charge in [0, 0.05) is 24.8 Å². The molecule has 4 rings (SSSR count). The van der Waals surface area contributed by atoms with Crippen molar-refractivity contribution in [3.05, 3.63) is 71.7 Å². The second kappa shape index (κ2) is 11.4. The van der Waals surface area contributed by atoms with Crippen molar-refractivity contribution in [1.29, 1.82) is 0 Å². The van der Waals surface area contributed by atoms with Crippen LogP contribution < -0.4 is 0 Å². The van der Waals surface area contributed by atoms with Gasteiger partial charge in [-0.25, -0.2) is 17.9 Å². The highest BCUT2D eigenvalue weighted by molar-refractivity contribution is 5.94. The zero-order valence-corrected chi connectivity index (χ0v) is 19.6. The lowest BCUT2D eigenvalue weighted by molar-refractivity contribution is -0.239. The molecule has 37 heavy (non-hydrogen) atoms. The highest BCUT2D eigenvalue weighted by Gasteiger charge is 2.49. The molecular formula is C24H25F3N4O6. The van der Waals surface area contributed by atoms with Gasteiger partial charge in [0.05, 0.1) is 19.4 Å². The predicted octanol–water partition coefficient (Wildman–Crippen LogP) is 1.13. The molecule has 1 fully saturated rings. The third kappa shape index (κ3) is 5.50. The number of rotatable bonds is 8. The summed E-state index contributed by atoms with van der Waals surface area (Å²) >= 11 is 0. The number of carbonyl (C=O) groups is 1. The third-order valence-electron chi connectivity index (χ3n) is 6.07. The first kappa shape index (κ1) is 26.7. The number of hydrogen-bond acceptors (Lipinski definition) is 8. The molecular weight excluding hydrogens is 497 g/mol. The molecule has 1 aromatic heterocycles. The van der Waals surface area contributed by atoms with Crippen molar-refractivity contribution in [1.82, 2.24) is 19.9 Å². The second-order valence-corrected chi connectivity index (χ2v) is 8.43. The maximum absolute atomic E-state index is 13.8. The molecule has 0 saturated carbocycles. The monoisotopic (exact) mass is 522 g/mol. The lowest BCUT2D eigenvalue weighted by Gasteiger charge is -2.46. The fraction of sp³-hybridized carbons (Fsp3) is 0.375. The summed E-state index contributed by atoms with van der Waals surface area (Å²) < 4.78 is 52.8. The Labute approximate surface area is 209 Å². The molecule has 13 heteroatoms. The van der Waals surface area contributed by atoms with E-state index in [2.05, 4.69) is 10.3 Å². The van der Waals surface area contributed by atoms with E-state index in [9.17, 15) is 33.3 Å². The van der Waals surface area contributed by atoms with Gasteiger partial charge in [-0.15, -0.1) is 5.10 Å². The van der Waals surface area contributed by atoms with Gasteiger partial charge in [0.25, 0.3) is 5.91 Å². The molecule has 1 aliphatic heterocycles. The number of carbonyl (C=O) groups excluding carboxylic acids is 1. The van der Waals surface area contributed by atoms with E-state index in [0.717, 1.165) is 21.7 Å². The number of aliphatic hydroxyl groups excluding tert-OH is 3. The Hall–Kier alpha value is -3.36. The van der Waals surface area contributed by atoms with E-state index >= 15 is 0 Å². The Bertz CT molecular complexity index is 1240. The third-order valence-corrected chi connectivity index (χ3v) is 6.07. The largest absolute Gasteiger partial charge is 0.394 e. The molecule has 0 spiro atoms. The average molecular weight is 522 g/mol. The summed E-state index contributed by atoms with van der Waals surface area (Å²) in [5.41, 5.74) is 0.424. The molecule has 198 valence electrons. The fourth-order valence-corrected chi connectivity index (χ4v) is 4.18. The molecule has 2 aromatic carbocycles. The lowest BCUT2D eigenvalue weighted by Crippen LogP contribution is -2.62. The first-order valence-electron chi connectivity index (χ1n) is 11.3. The summed E-state index contributed by atoms with van der Waals surface area (Å²) in [4.78, 5) is 14.3. The average Bonchev–Trinajstić information content (AvgIpc) is 3.36. The fourth-order valence-electron chi connectivity index (χ4n) is 4.18. The smallest absolute Gasteiger partial charge is 0.256 e. The van der Waals surface area contributed by atoms with Gasteiger partial charge < -0.3 is 29.7 Å². The molecule has 3 unspecified atom stereocenters. The standard InChI is InChI=1S/C24H25F3N4O6/c1-36-8-7-30(23(35)14-5-6-16(26)17(27)10-14)24-22(34)20(21(33)19(12-32)37-24)31-11-18(28-29-31)13-3-2-4-15(25)9-13/h2-6,9-11,19-22,24,32-34H,7-8,12H2,1H3/t19?,20?,21-,22?,24+/m0/s1. The van der Waals surface area contributed by atoms with Gasteiger partial charge in [0.1, 0.15) is 35.9 Å². The zero-order valence-electron chi connectivity index (χ0n) is 19.6. The number of methoxy groups -OCH3 is 1. The molecule has 1 amide bonds. The molecule has 1 aliphatic rings. The van der Waals surface area contributed by atoms with E-state index in [4.69, 9.17) is 9.47 Å². The van der Waals surface area contributed by atoms with Gasteiger partial charge in [-0.1, -0.05) is 17.3 Å². The van der Waals surface area contributed by atoms with E-state index in [1.54, 1.807) is 6.07 Å². The van der Waals surface area contributed by atoms with Crippen LogP contribution in [-0.2, 0) is 9.47 Å². The van der Waals surface area contributed by atoms with Gasteiger partial charge in [0.2, 0.25) is 0 Å². The molecule has 5 atom stereocenters. The number of hydrogen-bond donors (Lipinski definition) is 3. The van der Waals surface area contributed by atoms with Crippen LogP contribution in [0, 0.1) is 17.5 Å². The summed E-state index contributed by atoms with van der Waals surface area (Å²) in [5.74, 6) is -3.69. The Morgan fingerprint density at radius 2 is 1.92 bits per heavy atom. The highest BCUT2D eigenvalue weighted by atomic mass is 19.2. The maximum Gasteiger partial charge on any atom is 0.256 e. The van der Waals surface area contributed by atoms with Crippen LogP contribution in [0.3, 0.4) is 0 Å². The Morgan fingerprint density at radius 1 is 1.14 bits per heavy atom. The van der Waals surface area contributed by atoms with Gasteiger partial charge in [-0.2, -0.15) is 0 Å². The minimum atomic E-state index is -1.62. The number of benzene rings is 2. The molecule has 3 aromatic rings. The van der Waals surface area contributed by atoms with Gasteiger partial charge in [-0.05, 0) is 30.3 Å². The minimum Gasteiger partial charge on any atom is -0.394 e. The Morgan fingerprint density at radius 3 is 2.59 bits per heavy atom. The molecule has 0 radical (unpaired) electrons. The summed E-state index contributed by atoms with van der Waals surface area (Å²) in [7, 11) is 1.38. The van der Waals surface area contributed by atoms with Gasteiger partial charge >= 0.3 is 0 Å². The molecule has 2 heterocycles. The van der Waals surface area contributed by atoms with Crippen LogP contribution in [0.15, 0.2) is 48.7 Å². The molecule has 0 bridgehead atoms. The van der Waals surface area contributed by atoms with E-state index < -0.39 is 60.5 Å². The molecule has 0 aliphatic carbocycles. The van der Waals surface area contributed by atoms with Crippen molar-refractivity contribution < 1.29 is 42.8 Å². The quantitative estimate of drug-likeness (QED) is 0.402. The summed E-state index contributed by atoms with van der Waals surface area (Å²) in [6.07, 6.45) is -4.45. The van der Waals surface area contributed by atoms with Crippen molar-refractivity contribution in [2.24, 2.45) is 0 Å². The van der Waals surface area contributed by atoms with Crippen LogP contribution in [0.2, 0.25) is 0 Å². The number of halogens is 3. The second-order valence-electron chi connectivity index (χ2n) is 8.43. The Kier molecular flexibility index (Phi) is 8.19. The van der Waals surface area contributed by atoms with Crippen molar-refractivity contribution >= 4 is 5.91 Å². The molecule has 10 nitrogen and oxygen atoms in total. The van der Waals surface area contributed by atoms with Crippen molar-refractivity contribution in [2.45, 2.75) is 30.6 Å². The number of amides is 1. The first-order valence-corrected chi connectivity index (χ1v) is 11.3. The van der Waals surface area contributed by atoms with Gasteiger partial charge in [0.15, 0.2) is 17.9 Å². The number of aromatic nitrogens is 3. The predicted molar refractivity (Wildman–Crippen MR) is 121 cm³/mol. The number of ether oxygens (including phenoxy) is 2. The van der Waals surface area contributed by atoms with E-state index in [1.165, 1.54) is 31.5 Å². The van der Waals surface area contributed by atoms with E-state index in [0.29, 0.717) is 11.6 Å². The van der Waals surface area contributed by atoms with Crippen LogP contribution in [0.5, 0.6) is 0 Å². The van der Waals surface area contributed by atoms with Crippen LogP contribution in [-0.4, -0.2) is 92.5 Å². The number of aliphatic hydroxyl groups is 3. The topological polar surface area (TPSA) is 130 Å². The van der Waals surface area contributed by atoms with Crippen molar-refractivity contribution in [2.75, 3.05) is 26.9 Å². The summed E-state index contributed by atoms with van der Waals surface area (Å²) in [6.45, 7) is -0.821. The zero-order chi connectivity index (χ0) is 26.7. The number of nitrogens with zero attached hydrogens (tertiary/aromatic N) is 4. The van der Waals surface area contributed by atoms with Crippen molar-refractivity contribution in [3.63, 3.8) is 0 Å². The maximum atomic E-state index is 13.8. The Balaban J connectivity index is 1.69. The van der Waals surface area contributed by atoms with E-state index in [1.807, 2.05) is 0 Å². The summed E-state index contributed by atoms with van der Waals surface area (Å²) in [5, 5.41) is 39.9. The first-order chi connectivity index (χ1) is 17.7. The SMILES string of the molecule is COCCN(C(=O)c1ccc(F)c(F)c1)[C@@H]1OC(CO)[C@H](O)C(n2cc(-c3cccc(F)c3)nn2)C1O. The lowest BCUT2D eigenvalue weighted by atomic mass is 9.94. The minimum absolute atomic E-state index is 0.00788.